The van der Waals surface area contributed by atoms with E-state index in [9.17, 15) is 8.78 Å². The number of nitrogens with two attached hydrogens (primary N) is 1. The zero-order chi connectivity index (χ0) is 20.7. The number of pyridine rings is 2. The number of hydrogen-bond donors (Lipinski definition) is 2. The summed E-state index contributed by atoms with van der Waals surface area (Å²) >= 11 is 0. The number of rotatable bonds is 4. The van der Waals surface area contributed by atoms with Crippen LogP contribution in [0, 0.1) is 11.6 Å². The summed E-state index contributed by atoms with van der Waals surface area (Å²) in [4.78, 5) is 11.5. The first kappa shape index (κ1) is 18.0. The van der Waals surface area contributed by atoms with Crippen molar-refractivity contribution in [1.29, 1.82) is 0 Å². The molecule has 0 aliphatic rings. The maximum absolute atomic E-state index is 13.8. The van der Waals surface area contributed by atoms with Gasteiger partial charge in [0.25, 0.3) is 0 Å². The van der Waals surface area contributed by atoms with Crippen molar-refractivity contribution in [1.82, 2.24) is 24.7 Å². The van der Waals surface area contributed by atoms with E-state index in [1.807, 2.05) is 24.5 Å². The van der Waals surface area contributed by atoms with Crippen molar-refractivity contribution in [3.8, 4) is 22.3 Å². The molecule has 5 aromatic rings. The number of aromatic nitrogens is 5. The van der Waals surface area contributed by atoms with E-state index in [2.05, 4.69) is 20.1 Å². The van der Waals surface area contributed by atoms with Gasteiger partial charge < -0.3 is 10.7 Å². The van der Waals surface area contributed by atoms with E-state index in [-0.39, 0.29) is 11.6 Å². The summed E-state index contributed by atoms with van der Waals surface area (Å²) in [7, 11) is 0. The van der Waals surface area contributed by atoms with Gasteiger partial charge >= 0.3 is 0 Å². The van der Waals surface area contributed by atoms with Crippen molar-refractivity contribution in [2.75, 3.05) is 5.73 Å². The first-order valence-corrected chi connectivity index (χ1v) is 9.22. The van der Waals surface area contributed by atoms with Gasteiger partial charge in [-0.2, -0.15) is 5.10 Å². The molecule has 3 N–H and O–H groups in total. The first-order valence-electron chi connectivity index (χ1n) is 9.22. The normalized spacial score (nSPS) is 11.3. The van der Waals surface area contributed by atoms with Gasteiger partial charge in [0.2, 0.25) is 0 Å². The minimum absolute atomic E-state index is 0.138. The van der Waals surface area contributed by atoms with Crippen LogP contribution in [0.3, 0.4) is 0 Å². The van der Waals surface area contributed by atoms with Crippen LogP contribution in [0.25, 0.3) is 33.3 Å². The summed E-state index contributed by atoms with van der Waals surface area (Å²) in [5, 5.41) is 5.26. The number of H-pyrrole nitrogens is 1. The van der Waals surface area contributed by atoms with Gasteiger partial charge in [-0.3, -0.25) is 4.68 Å². The molecule has 8 heteroatoms. The second-order valence-electron chi connectivity index (χ2n) is 6.97. The van der Waals surface area contributed by atoms with Crippen LogP contribution in [0.4, 0.5) is 14.6 Å². The summed E-state index contributed by atoms with van der Waals surface area (Å²) in [6.07, 6.45) is 8.67. The van der Waals surface area contributed by atoms with Crippen LogP contribution in [0.5, 0.6) is 0 Å². The molecule has 0 bridgehead atoms. The van der Waals surface area contributed by atoms with Crippen molar-refractivity contribution in [3.05, 3.63) is 84.6 Å². The van der Waals surface area contributed by atoms with Crippen molar-refractivity contribution in [2.24, 2.45) is 0 Å². The average molecular weight is 402 g/mol. The van der Waals surface area contributed by atoms with Gasteiger partial charge in [-0.05, 0) is 29.8 Å². The SMILES string of the molecule is Nc1ncc(-c2cnc3[nH]cc(-c4cnn(Cc5cccc(F)c5)c4)c3c2)cc1F. The van der Waals surface area contributed by atoms with Crippen LogP contribution >= 0.6 is 0 Å². The van der Waals surface area contributed by atoms with Crippen molar-refractivity contribution >= 4 is 16.9 Å². The second kappa shape index (κ2) is 7.07. The van der Waals surface area contributed by atoms with E-state index in [1.165, 1.54) is 24.4 Å². The summed E-state index contributed by atoms with van der Waals surface area (Å²) in [5.74, 6) is -0.981. The molecule has 30 heavy (non-hydrogen) atoms. The fraction of sp³-hybridized carbons (Fsp3) is 0.0455. The van der Waals surface area contributed by atoms with Gasteiger partial charge in [0.15, 0.2) is 11.6 Å². The van der Waals surface area contributed by atoms with Gasteiger partial charge in [-0.1, -0.05) is 12.1 Å². The molecule has 0 fully saturated rings. The molecule has 5 rings (SSSR count). The Morgan fingerprint density at radius 3 is 2.63 bits per heavy atom. The number of hydrogen-bond acceptors (Lipinski definition) is 4. The Balaban J connectivity index is 1.50. The molecule has 0 saturated heterocycles. The predicted molar refractivity (Wildman–Crippen MR) is 110 cm³/mol. The molecule has 0 atom stereocenters. The largest absolute Gasteiger partial charge is 0.381 e. The van der Waals surface area contributed by atoms with Crippen LogP contribution in [0.1, 0.15) is 5.56 Å². The highest BCUT2D eigenvalue weighted by molar-refractivity contribution is 5.95. The quantitative estimate of drug-likeness (QED) is 0.467. The third-order valence-electron chi connectivity index (χ3n) is 4.91. The molecular formula is C22H16F2N6. The minimum Gasteiger partial charge on any atom is -0.381 e. The van der Waals surface area contributed by atoms with Crippen molar-refractivity contribution in [2.45, 2.75) is 6.54 Å². The Morgan fingerprint density at radius 2 is 1.80 bits per heavy atom. The third-order valence-corrected chi connectivity index (χ3v) is 4.91. The number of halogens is 2. The molecule has 0 amide bonds. The number of nitrogens with zero attached hydrogens (tertiary/aromatic N) is 4. The number of nitrogens with one attached hydrogen (secondary N) is 1. The Hall–Kier alpha value is -4.07. The maximum atomic E-state index is 13.8. The van der Waals surface area contributed by atoms with Crippen LogP contribution in [0.15, 0.2) is 67.4 Å². The van der Waals surface area contributed by atoms with Crippen LogP contribution in [0.2, 0.25) is 0 Å². The monoisotopic (exact) mass is 402 g/mol. The fourth-order valence-electron chi connectivity index (χ4n) is 3.42. The smallest absolute Gasteiger partial charge is 0.165 e. The standard InChI is InChI=1S/C22H16F2N6/c23-17-3-1-2-13(4-17)11-30-12-16(9-29-30)19-10-28-22-18(19)5-14(8-27-22)15-6-20(24)21(25)26-7-15/h1-10,12H,11H2,(H2,25,26)(H,27,28). The molecular weight excluding hydrogens is 386 g/mol. The lowest BCUT2D eigenvalue weighted by molar-refractivity contribution is 0.619. The van der Waals surface area contributed by atoms with Crippen LogP contribution < -0.4 is 5.73 Å². The lowest BCUT2D eigenvalue weighted by atomic mass is 10.1. The number of aromatic amines is 1. The lowest BCUT2D eigenvalue weighted by Gasteiger charge is -2.04. The van der Waals surface area contributed by atoms with Gasteiger partial charge in [-0.15, -0.1) is 0 Å². The van der Waals surface area contributed by atoms with Gasteiger partial charge in [0.05, 0.1) is 12.7 Å². The number of nitrogen functional groups attached to an aromatic ring is 1. The minimum atomic E-state index is -0.569. The zero-order valence-electron chi connectivity index (χ0n) is 15.7. The van der Waals surface area contributed by atoms with E-state index in [0.717, 1.165) is 27.6 Å². The Kier molecular flexibility index (Phi) is 4.24. The molecule has 0 unspecified atom stereocenters. The molecule has 6 nitrogen and oxygen atoms in total. The van der Waals surface area contributed by atoms with E-state index < -0.39 is 5.82 Å². The number of anilines is 1. The summed E-state index contributed by atoms with van der Waals surface area (Å²) < 4.78 is 29.0. The van der Waals surface area contributed by atoms with Crippen LogP contribution in [-0.2, 0) is 6.54 Å². The fourth-order valence-corrected chi connectivity index (χ4v) is 3.42. The summed E-state index contributed by atoms with van der Waals surface area (Å²) in [5.41, 5.74) is 10.1. The summed E-state index contributed by atoms with van der Waals surface area (Å²) in [6.45, 7) is 0.458. The molecule has 0 spiro atoms. The summed E-state index contributed by atoms with van der Waals surface area (Å²) in [6, 6.07) is 9.70. The molecule has 0 aliphatic carbocycles. The zero-order valence-corrected chi connectivity index (χ0v) is 15.7. The van der Waals surface area contributed by atoms with E-state index >= 15 is 0 Å². The first-order chi connectivity index (χ1) is 14.6. The predicted octanol–water partition coefficient (Wildman–Crippen LogP) is 4.40. The van der Waals surface area contributed by atoms with Gasteiger partial charge in [0.1, 0.15) is 11.5 Å². The van der Waals surface area contributed by atoms with Crippen molar-refractivity contribution in [3.63, 3.8) is 0 Å². The highest BCUT2D eigenvalue weighted by Crippen LogP contribution is 2.31. The molecule has 4 aromatic heterocycles. The molecule has 148 valence electrons. The Bertz CT molecular complexity index is 1370. The molecule has 0 aliphatic heterocycles. The lowest BCUT2D eigenvalue weighted by Crippen LogP contribution is -1.99. The van der Waals surface area contributed by atoms with E-state index in [0.29, 0.717) is 17.8 Å². The van der Waals surface area contributed by atoms with Gasteiger partial charge in [0, 0.05) is 52.4 Å². The second-order valence-corrected chi connectivity index (χ2v) is 6.97. The molecule has 4 heterocycles. The van der Waals surface area contributed by atoms with E-state index in [4.69, 9.17) is 5.73 Å². The van der Waals surface area contributed by atoms with Crippen molar-refractivity contribution < 1.29 is 8.78 Å². The Morgan fingerprint density at radius 1 is 0.967 bits per heavy atom. The highest BCUT2D eigenvalue weighted by atomic mass is 19.1. The average Bonchev–Trinajstić information content (AvgIpc) is 3.36. The third kappa shape index (κ3) is 3.28. The molecule has 0 saturated carbocycles. The number of benzene rings is 1. The maximum Gasteiger partial charge on any atom is 0.165 e. The molecule has 0 radical (unpaired) electrons. The van der Waals surface area contributed by atoms with Crippen LogP contribution in [-0.4, -0.2) is 24.7 Å². The van der Waals surface area contributed by atoms with Gasteiger partial charge in [-0.25, -0.2) is 18.7 Å². The molecule has 1 aromatic carbocycles. The number of fused-ring (bicyclic) bond motifs is 1. The Labute approximate surface area is 170 Å². The van der Waals surface area contributed by atoms with E-state index in [1.54, 1.807) is 23.1 Å². The topological polar surface area (TPSA) is 85.4 Å². The highest BCUT2D eigenvalue weighted by Gasteiger charge is 2.12.